The molecule has 108 valence electrons. The van der Waals surface area contributed by atoms with Crippen LogP contribution in [0.15, 0.2) is 53.0 Å². The van der Waals surface area contributed by atoms with Crippen molar-refractivity contribution in [2.45, 2.75) is 19.4 Å². The first kappa shape index (κ1) is 15.6. The number of benzene rings is 2. The largest absolute Gasteiger partial charge is 0.340 e. The molecule has 3 nitrogen and oxygen atoms in total. The fourth-order valence-corrected chi connectivity index (χ4v) is 2.79. The van der Waals surface area contributed by atoms with E-state index in [4.69, 9.17) is 11.0 Å². The van der Waals surface area contributed by atoms with E-state index in [1.54, 1.807) is 0 Å². The number of hydrogen-bond donors (Lipinski definition) is 1. The number of nitriles is 1. The van der Waals surface area contributed by atoms with Crippen molar-refractivity contribution in [3.8, 4) is 6.07 Å². The molecule has 4 heteroatoms. The van der Waals surface area contributed by atoms with E-state index >= 15 is 0 Å². The van der Waals surface area contributed by atoms with Crippen molar-refractivity contribution in [1.82, 2.24) is 0 Å². The molecule has 0 radical (unpaired) electrons. The first-order valence-electron chi connectivity index (χ1n) is 6.88. The van der Waals surface area contributed by atoms with Crippen LogP contribution in [0.5, 0.6) is 0 Å². The molecule has 2 N–H and O–H groups in total. The van der Waals surface area contributed by atoms with E-state index < -0.39 is 0 Å². The first-order chi connectivity index (χ1) is 10.1. The van der Waals surface area contributed by atoms with Crippen LogP contribution >= 0.6 is 15.9 Å². The Balaban J connectivity index is 2.40. The minimum atomic E-state index is -0.000339. The Bertz CT molecular complexity index is 632. The molecule has 0 aromatic heterocycles. The van der Waals surface area contributed by atoms with Crippen molar-refractivity contribution >= 4 is 27.3 Å². The summed E-state index contributed by atoms with van der Waals surface area (Å²) in [6, 6.07) is 18.4. The average molecular weight is 344 g/mol. The van der Waals surface area contributed by atoms with E-state index in [0.29, 0.717) is 13.0 Å². The third-order valence-corrected chi connectivity index (χ3v) is 3.94. The molecule has 1 unspecified atom stereocenters. The van der Waals surface area contributed by atoms with Crippen molar-refractivity contribution < 1.29 is 0 Å². The van der Waals surface area contributed by atoms with Crippen molar-refractivity contribution in [3.05, 3.63) is 58.6 Å². The molecule has 2 rings (SSSR count). The summed E-state index contributed by atoms with van der Waals surface area (Å²) >= 11 is 3.63. The Morgan fingerprint density at radius 3 is 2.52 bits per heavy atom. The van der Waals surface area contributed by atoms with Crippen molar-refractivity contribution in [1.29, 1.82) is 5.26 Å². The summed E-state index contributed by atoms with van der Waals surface area (Å²) in [5.41, 5.74) is 9.12. The van der Waals surface area contributed by atoms with Crippen LogP contribution in [-0.4, -0.2) is 6.54 Å². The minimum absolute atomic E-state index is 0.000339. The van der Waals surface area contributed by atoms with Gasteiger partial charge in [-0.3, -0.25) is 0 Å². The predicted molar refractivity (Wildman–Crippen MR) is 90.4 cm³/mol. The summed E-state index contributed by atoms with van der Waals surface area (Å²) in [6.45, 7) is 2.61. The van der Waals surface area contributed by atoms with E-state index in [1.807, 2.05) is 55.5 Å². The van der Waals surface area contributed by atoms with Gasteiger partial charge in [0.05, 0.1) is 18.2 Å². The number of anilines is 2. The summed E-state index contributed by atoms with van der Waals surface area (Å²) in [6.07, 6.45) is 0.469. The van der Waals surface area contributed by atoms with Crippen LogP contribution in [-0.2, 0) is 0 Å². The van der Waals surface area contributed by atoms with Crippen LogP contribution in [0.4, 0.5) is 11.4 Å². The lowest BCUT2D eigenvalue weighted by Crippen LogP contribution is -2.18. The summed E-state index contributed by atoms with van der Waals surface area (Å²) in [7, 11) is 0. The van der Waals surface area contributed by atoms with Crippen LogP contribution in [0.2, 0.25) is 0 Å². The SMILES string of the molecule is CC(N)c1ccc(N(CCC#N)c2ccccc2)c(Br)c1. The Morgan fingerprint density at radius 2 is 1.95 bits per heavy atom. The fourth-order valence-electron chi connectivity index (χ4n) is 2.18. The summed E-state index contributed by atoms with van der Waals surface area (Å²) in [5, 5.41) is 8.89. The Kier molecular flexibility index (Phi) is 5.38. The zero-order valence-corrected chi connectivity index (χ0v) is 13.5. The third kappa shape index (κ3) is 3.84. The predicted octanol–water partition coefficient (Wildman–Crippen LogP) is 4.52. The van der Waals surface area contributed by atoms with Crippen molar-refractivity contribution in [2.24, 2.45) is 5.73 Å². The standard InChI is InChI=1S/C17H18BrN3/c1-13(20)14-8-9-17(16(18)12-14)21(11-5-10-19)15-6-3-2-4-7-15/h2-4,6-9,12-13H,5,11,20H2,1H3. The van der Waals surface area contributed by atoms with Gasteiger partial charge in [0.25, 0.3) is 0 Å². The van der Waals surface area contributed by atoms with E-state index in [9.17, 15) is 0 Å². The Morgan fingerprint density at radius 1 is 1.24 bits per heavy atom. The van der Waals surface area contributed by atoms with E-state index in [-0.39, 0.29) is 6.04 Å². The molecule has 0 spiro atoms. The molecular formula is C17H18BrN3. The van der Waals surface area contributed by atoms with Gasteiger partial charge in [-0.1, -0.05) is 24.3 Å². The molecule has 2 aromatic rings. The molecule has 2 aromatic carbocycles. The smallest absolute Gasteiger partial charge is 0.0640 e. The van der Waals surface area contributed by atoms with Gasteiger partial charge >= 0.3 is 0 Å². The van der Waals surface area contributed by atoms with Gasteiger partial charge in [0.1, 0.15) is 0 Å². The Labute approximate surface area is 134 Å². The van der Waals surface area contributed by atoms with Crippen LogP contribution in [0.3, 0.4) is 0 Å². The maximum absolute atomic E-state index is 8.89. The molecule has 0 saturated heterocycles. The number of rotatable bonds is 5. The van der Waals surface area contributed by atoms with Gasteiger partial charge in [0.15, 0.2) is 0 Å². The third-order valence-electron chi connectivity index (χ3n) is 3.30. The molecule has 0 heterocycles. The zero-order chi connectivity index (χ0) is 15.2. The Hall–Kier alpha value is -1.83. The van der Waals surface area contributed by atoms with E-state index in [2.05, 4.69) is 26.9 Å². The number of hydrogen-bond acceptors (Lipinski definition) is 3. The highest BCUT2D eigenvalue weighted by atomic mass is 79.9. The molecule has 0 bridgehead atoms. The molecule has 0 aliphatic heterocycles. The fraction of sp³-hybridized carbons (Fsp3) is 0.235. The van der Waals surface area contributed by atoms with Crippen LogP contribution in [0, 0.1) is 11.3 Å². The van der Waals surface area contributed by atoms with Crippen molar-refractivity contribution in [3.63, 3.8) is 0 Å². The molecule has 21 heavy (non-hydrogen) atoms. The van der Waals surface area contributed by atoms with E-state index in [0.717, 1.165) is 21.4 Å². The summed E-state index contributed by atoms with van der Waals surface area (Å²) in [4.78, 5) is 2.14. The quantitative estimate of drug-likeness (QED) is 0.868. The van der Waals surface area contributed by atoms with Gasteiger partial charge in [-0.05, 0) is 52.7 Å². The minimum Gasteiger partial charge on any atom is -0.340 e. The molecule has 0 aliphatic rings. The molecule has 1 atom stereocenters. The van der Waals surface area contributed by atoms with Gasteiger partial charge in [0, 0.05) is 22.7 Å². The molecule has 0 fully saturated rings. The molecular weight excluding hydrogens is 326 g/mol. The molecule has 0 aliphatic carbocycles. The second kappa shape index (κ2) is 7.26. The van der Waals surface area contributed by atoms with Crippen LogP contribution < -0.4 is 10.6 Å². The number of halogens is 1. The number of nitrogens with zero attached hydrogens (tertiary/aromatic N) is 2. The van der Waals surface area contributed by atoms with Gasteiger partial charge < -0.3 is 10.6 Å². The highest BCUT2D eigenvalue weighted by Gasteiger charge is 2.13. The lowest BCUT2D eigenvalue weighted by Gasteiger charge is -2.26. The van der Waals surface area contributed by atoms with Gasteiger partial charge in [0.2, 0.25) is 0 Å². The maximum atomic E-state index is 8.89. The normalized spacial score (nSPS) is 11.7. The first-order valence-corrected chi connectivity index (χ1v) is 7.67. The highest BCUT2D eigenvalue weighted by Crippen LogP contribution is 2.33. The van der Waals surface area contributed by atoms with Gasteiger partial charge in [-0.15, -0.1) is 0 Å². The average Bonchev–Trinajstić information content (AvgIpc) is 2.50. The topological polar surface area (TPSA) is 53.0 Å². The molecule has 0 saturated carbocycles. The van der Waals surface area contributed by atoms with Gasteiger partial charge in [-0.2, -0.15) is 5.26 Å². The lowest BCUT2D eigenvalue weighted by molar-refractivity contribution is 0.816. The van der Waals surface area contributed by atoms with Crippen LogP contribution in [0.1, 0.15) is 24.9 Å². The van der Waals surface area contributed by atoms with Crippen molar-refractivity contribution in [2.75, 3.05) is 11.4 Å². The second-order valence-corrected chi connectivity index (χ2v) is 5.75. The number of nitrogens with two attached hydrogens (primary N) is 1. The summed E-state index contributed by atoms with van der Waals surface area (Å²) in [5.74, 6) is 0. The van der Waals surface area contributed by atoms with Gasteiger partial charge in [-0.25, -0.2) is 0 Å². The maximum Gasteiger partial charge on any atom is 0.0640 e. The van der Waals surface area contributed by atoms with E-state index in [1.165, 1.54) is 0 Å². The lowest BCUT2D eigenvalue weighted by atomic mass is 10.1. The molecule has 0 amide bonds. The van der Waals surface area contributed by atoms with Crippen LogP contribution in [0.25, 0.3) is 0 Å². The highest BCUT2D eigenvalue weighted by molar-refractivity contribution is 9.10. The summed E-state index contributed by atoms with van der Waals surface area (Å²) < 4.78 is 0.985. The number of para-hydroxylation sites is 1. The monoisotopic (exact) mass is 343 g/mol. The second-order valence-electron chi connectivity index (χ2n) is 4.89. The zero-order valence-electron chi connectivity index (χ0n) is 12.0.